The van der Waals surface area contributed by atoms with Crippen molar-refractivity contribution in [1.29, 1.82) is 0 Å². The van der Waals surface area contributed by atoms with Crippen LogP contribution in [0.1, 0.15) is 63.5 Å². The Kier molecular flexibility index (Phi) is 16.9. The minimum atomic E-state index is -5.08. The molecule has 5 atom stereocenters. The molecule has 18 heteroatoms. The number of alkyl halides is 3. The number of carbonyl (C=O) groups is 1. The van der Waals surface area contributed by atoms with Crippen LogP contribution in [-0.2, 0) is 28.9 Å². The number of nitrogens with one attached hydrogen (secondary N) is 2. The number of hydrogen-bond acceptors (Lipinski definition) is 10. The van der Waals surface area contributed by atoms with Gasteiger partial charge in [-0.2, -0.15) is 13.2 Å². The average Bonchev–Trinajstić information content (AvgIpc) is 3.58. The van der Waals surface area contributed by atoms with Crippen molar-refractivity contribution in [1.82, 2.24) is 19.5 Å². The molecule has 1 aliphatic rings. The van der Waals surface area contributed by atoms with Gasteiger partial charge in [0.25, 0.3) is 14.1 Å². The van der Waals surface area contributed by atoms with Crippen LogP contribution in [0.25, 0.3) is 4.85 Å². The summed E-state index contributed by atoms with van der Waals surface area (Å²) in [6, 6.07) is 25.4. The van der Waals surface area contributed by atoms with E-state index in [9.17, 15) is 27.6 Å². The van der Waals surface area contributed by atoms with E-state index in [1.807, 2.05) is 117 Å². The Balaban J connectivity index is 1.67. The highest BCUT2D eigenvalue weighted by atomic mass is 31.2. The summed E-state index contributed by atoms with van der Waals surface area (Å²) in [7, 11) is 1.20. The largest absolute Gasteiger partial charge is 0.497 e. The Morgan fingerprint density at radius 3 is 2.02 bits per heavy atom. The van der Waals surface area contributed by atoms with E-state index in [1.165, 1.54) is 16.8 Å². The topological polar surface area (TPSA) is 147 Å². The Morgan fingerprint density at radius 1 is 0.919 bits per heavy atom. The van der Waals surface area contributed by atoms with Gasteiger partial charge in [0.2, 0.25) is 6.54 Å². The summed E-state index contributed by atoms with van der Waals surface area (Å²) >= 11 is 0. The van der Waals surface area contributed by atoms with Crippen LogP contribution in [0.15, 0.2) is 101 Å². The number of aromatic amines is 1. The number of carbonyl (C=O) groups excluding carboxylic acids is 1. The molecule has 2 unspecified atom stereocenters. The summed E-state index contributed by atoms with van der Waals surface area (Å²) in [6.45, 7) is 14.9. The number of halogens is 3. The molecule has 14 nitrogen and oxygen atoms in total. The fourth-order valence-corrected chi connectivity index (χ4v) is 9.39. The first-order chi connectivity index (χ1) is 29.6. The molecule has 1 aliphatic heterocycles. The van der Waals surface area contributed by atoms with Gasteiger partial charge in [-0.15, -0.1) is 0 Å². The van der Waals surface area contributed by atoms with Crippen LogP contribution < -0.4 is 26.0 Å². The van der Waals surface area contributed by atoms with Crippen molar-refractivity contribution < 1.29 is 46.0 Å². The molecule has 1 saturated heterocycles. The first-order valence-corrected chi connectivity index (χ1v) is 21.3. The minimum absolute atomic E-state index is 0.0259. The van der Waals surface area contributed by atoms with Gasteiger partial charge in [0.1, 0.15) is 42.1 Å². The lowest BCUT2D eigenvalue weighted by Crippen LogP contribution is -2.41. The van der Waals surface area contributed by atoms with Crippen molar-refractivity contribution in [2.45, 2.75) is 82.8 Å². The Labute approximate surface area is 360 Å². The summed E-state index contributed by atoms with van der Waals surface area (Å²) in [5, 5.41) is 1.92. The molecule has 0 spiro atoms. The maximum atomic E-state index is 13.5. The number of methoxy groups -OCH3 is 2. The third-order valence-corrected chi connectivity index (χ3v) is 12.5. The smallest absolute Gasteiger partial charge is 0.471 e. The predicted molar refractivity (Wildman–Crippen MR) is 227 cm³/mol. The van der Waals surface area contributed by atoms with Crippen LogP contribution in [0.3, 0.4) is 0 Å². The molecule has 2 N–H and O–H groups in total. The molecular formula is C44H53F3N5O9P. The van der Waals surface area contributed by atoms with Crippen molar-refractivity contribution in [3.63, 3.8) is 0 Å². The monoisotopic (exact) mass is 883 g/mol. The molecular weight excluding hydrogens is 830 g/mol. The Bertz CT molecular complexity index is 2140. The first-order valence-electron chi connectivity index (χ1n) is 20.2. The fraction of sp³-hybridized carbons (Fsp3) is 0.455. The number of nitrogens with zero attached hydrogens (tertiary/aromatic N) is 3. The van der Waals surface area contributed by atoms with Crippen LogP contribution in [0.5, 0.6) is 11.5 Å². The highest BCUT2D eigenvalue weighted by Crippen LogP contribution is 2.52. The molecule has 334 valence electrons. The number of benzene rings is 3. The van der Waals surface area contributed by atoms with Crippen LogP contribution in [-0.4, -0.2) is 91.1 Å². The summed E-state index contributed by atoms with van der Waals surface area (Å²) in [5.74, 6) is -1.62. The van der Waals surface area contributed by atoms with Crippen molar-refractivity contribution in [2.75, 3.05) is 40.5 Å². The van der Waals surface area contributed by atoms with Crippen LogP contribution >= 0.6 is 8.53 Å². The quantitative estimate of drug-likeness (QED) is 0.0381. The number of rotatable bonds is 21. The third-order valence-electron chi connectivity index (χ3n) is 10.4. The van der Waals surface area contributed by atoms with Gasteiger partial charge in [0, 0.05) is 36.8 Å². The number of amides is 1. The zero-order valence-corrected chi connectivity index (χ0v) is 36.4. The second-order valence-corrected chi connectivity index (χ2v) is 16.5. The van der Waals surface area contributed by atoms with Crippen molar-refractivity contribution >= 4 is 14.4 Å². The third kappa shape index (κ3) is 11.5. The van der Waals surface area contributed by atoms with Crippen LogP contribution in [0.2, 0.25) is 0 Å². The van der Waals surface area contributed by atoms with Crippen molar-refractivity contribution in [2.24, 2.45) is 5.92 Å². The molecule has 0 bridgehead atoms. The van der Waals surface area contributed by atoms with Gasteiger partial charge in [-0.1, -0.05) is 54.6 Å². The molecule has 1 aromatic heterocycles. The van der Waals surface area contributed by atoms with Crippen LogP contribution in [0, 0.1) is 12.5 Å². The molecule has 0 saturated carbocycles. The van der Waals surface area contributed by atoms with Gasteiger partial charge < -0.3 is 38.2 Å². The van der Waals surface area contributed by atoms with E-state index in [2.05, 4.69) is 9.83 Å². The molecule has 1 amide bonds. The van der Waals surface area contributed by atoms with Gasteiger partial charge in [-0.3, -0.25) is 19.1 Å². The predicted octanol–water partition coefficient (Wildman–Crippen LogP) is 7.20. The highest BCUT2D eigenvalue weighted by molar-refractivity contribution is 7.44. The minimum Gasteiger partial charge on any atom is -0.497 e. The number of H-pyrrole nitrogens is 1. The summed E-state index contributed by atoms with van der Waals surface area (Å²) in [4.78, 5) is 43.2. The standard InChI is InChI=1S/C44H53F3N5O9P/c1-29(2)52(30(3)4)62(59-27-25-48-5)61-39-36(14-11-24-49-41(54)44(45,46)47)40(51-26-23-38(53)50-42(51)55)60-37(39)28-58-43(31-12-9-8-10-13-31,32-15-19-34(56-6)20-16-32)33-17-21-35(57-7)22-18-33/h8-10,12-13,15-23,26,29-30,36-37,39-40H,11,14,24-25,27-28H2,1-4,6-7H3,(H,49,54)(H,50,53,55)/t36?,37-,39-,40-,62?/m1/s1. The summed E-state index contributed by atoms with van der Waals surface area (Å²) in [5.41, 5.74) is -0.522. The van der Waals surface area contributed by atoms with Gasteiger partial charge in [0.15, 0.2) is 0 Å². The second kappa shape index (κ2) is 21.8. The molecule has 62 heavy (non-hydrogen) atoms. The van der Waals surface area contributed by atoms with E-state index in [-0.39, 0.29) is 51.2 Å². The lowest BCUT2D eigenvalue weighted by Gasteiger charge is -2.39. The first kappa shape index (κ1) is 48.0. The molecule has 0 radical (unpaired) electrons. The molecule has 3 aromatic carbocycles. The summed E-state index contributed by atoms with van der Waals surface area (Å²) in [6.07, 6.45) is -6.75. The molecule has 5 rings (SSSR count). The fourth-order valence-electron chi connectivity index (χ4n) is 7.60. The SMILES string of the molecule is [C-]#[N+]CCOP(O[C@@H]1C(CCCNC(=O)C(F)(F)F)[C@H](n2ccc(=O)[nH]c2=O)O[C@@H]1COC(c1ccccc1)(c1ccc(OC)cc1)c1ccc(OC)cc1)N(C(C)C)C(C)C. The lowest BCUT2D eigenvalue weighted by molar-refractivity contribution is -0.173. The summed E-state index contributed by atoms with van der Waals surface area (Å²) < 4.78 is 81.2. The molecule has 0 aliphatic carbocycles. The maximum Gasteiger partial charge on any atom is 0.471 e. The maximum absolute atomic E-state index is 13.5. The van der Waals surface area contributed by atoms with E-state index in [0.717, 1.165) is 16.7 Å². The second-order valence-electron chi connectivity index (χ2n) is 15.0. The average molecular weight is 884 g/mol. The Morgan fingerprint density at radius 2 is 1.50 bits per heavy atom. The van der Waals surface area contributed by atoms with E-state index in [4.69, 9.17) is 34.6 Å². The zero-order valence-electron chi connectivity index (χ0n) is 35.5. The van der Waals surface area contributed by atoms with Gasteiger partial charge >= 0.3 is 17.8 Å². The van der Waals surface area contributed by atoms with Crippen molar-refractivity contribution in [3.8, 4) is 11.5 Å². The van der Waals surface area contributed by atoms with Crippen molar-refractivity contribution in [3.05, 3.63) is 140 Å². The van der Waals surface area contributed by atoms with E-state index >= 15 is 0 Å². The number of ether oxygens (including phenoxy) is 4. The van der Waals surface area contributed by atoms with Gasteiger partial charge in [0.05, 0.1) is 20.8 Å². The van der Waals surface area contributed by atoms with Gasteiger partial charge in [-0.05, 0) is 81.5 Å². The number of hydrogen-bond donors (Lipinski definition) is 2. The number of aromatic nitrogens is 2. The molecule has 4 aromatic rings. The highest BCUT2D eigenvalue weighted by Gasteiger charge is 2.50. The van der Waals surface area contributed by atoms with E-state index in [0.29, 0.717) is 11.5 Å². The lowest BCUT2D eigenvalue weighted by atomic mass is 9.80. The zero-order chi connectivity index (χ0) is 45.0. The van der Waals surface area contributed by atoms with Gasteiger partial charge in [-0.25, -0.2) is 16.0 Å². The van der Waals surface area contributed by atoms with E-state index in [1.54, 1.807) is 14.2 Å². The molecule has 1 fully saturated rings. The molecule has 2 heterocycles. The Hall–Kier alpha value is -5.08. The normalized spacial score (nSPS) is 18.5. The van der Waals surface area contributed by atoms with Crippen LogP contribution in [0.4, 0.5) is 13.2 Å². The van der Waals surface area contributed by atoms with E-state index < -0.39 is 61.8 Å².